The van der Waals surface area contributed by atoms with Crippen LogP contribution in [0.3, 0.4) is 0 Å². The first-order chi connectivity index (χ1) is 10.6. The number of ether oxygens (including phenoxy) is 2. The summed E-state index contributed by atoms with van der Waals surface area (Å²) in [6.45, 7) is 3.03. The predicted octanol–water partition coefficient (Wildman–Crippen LogP) is 0.743. The summed E-state index contributed by atoms with van der Waals surface area (Å²) >= 11 is 0. The lowest BCUT2D eigenvalue weighted by Gasteiger charge is -2.17. The Bertz CT molecular complexity index is 485. The van der Waals surface area contributed by atoms with Gasteiger partial charge in [0.2, 0.25) is 5.91 Å². The lowest BCUT2D eigenvalue weighted by Crippen LogP contribution is -2.37. The lowest BCUT2D eigenvalue weighted by molar-refractivity contribution is -0.121. The van der Waals surface area contributed by atoms with Crippen molar-refractivity contribution in [3.8, 4) is 11.5 Å². The molecule has 1 amide bonds. The fourth-order valence-electron chi connectivity index (χ4n) is 2.74. The quantitative estimate of drug-likeness (QED) is 0.777. The molecular weight excluding hydrogens is 282 g/mol. The molecule has 1 aliphatic heterocycles. The number of rotatable bonds is 7. The number of carbonyl (C=O) groups excluding carboxylic acids is 1. The number of hydrogen-bond donors (Lipinski definition) is 2. The third kappa shape index (κ3) is 4.61. The second-order valence-electron chi connectivity index (χ2n) is 5.55. The van der Waals surface area contributed by atoms with Crippen LogP contribution in [0, 0.1) is 0 Å². The van der Waals surface area contributed by atoms with Crippen LogP contribution in [0.1, 0.15) is 18.4 Å². The van der Waals surface area contributed by atoms with Crippen LogP contribution in [0.5, 0.6) is 11.5 Å². The van der Waals surface area contributed by atoms with Crippen molar-refractivity contribution >= 4 is 5.91 Å². The zero-order chi connectivity index (χ0) is 15.9. The molecule has 122 valence electrons. The molecule has 1 heterocycles. The molecule has 3 N–H and O–H groups in total. The molecule has 0 bridgehead atoms. The highest BCUT2D eigenvalue weighted by molar-refractivity contribution is 5.76. The summed E-state index contributed by atoms with van der Waals surface area (Å²) in [5.74, 6) is 1.63. The normalized spacial score (nSPS) is 18.2. The molecule has 1 atom stereocenters. The number of benzene rings is 1. The summed E-state index contributed by atoms with van der Waals surface area (Å²) < 4.78 is 10.6. The Kier molecular flexibility index (Phi) is 6.03. The molecule has 6 heteroatoms. The first-order valence-corrected chi connectivity index (χ1v) is 7.58. The minimum Gasteiger partial charge on any atom is -0.497 e. The number of methoxy groups -OCH3 is 2. The summed E-state index contributed by atoms with van der Waals surface area (Å²) in [5.41, 5.74) is 6.54. The Balaban J connectivity index is 1.91. The summed E-state index contributed by atoms with van der Waals surface area (Å²) in [6.07, 6.45) is 1.36. The molecule has 0 aromatic heterocycles. The highest BCUT2D eigenvalue weighted by Crippen LogP contribution is 2.24. The standard InChI is InChI=1S/C16H25N3O3/c1-21-14-7-12(8-15(9-14)22-2)10-19-6-4-13(11-19)18-16(20)3-5-17/h7-9,13H,3-6,10-11,17H2,1-2H3,(H,18,20). The molecule has 6 nitrogen and oxygen atoms in total. The van der Waals surface area contributed by atoms with Crippen LogP contribution in [-0.2, 0) is 11.3 Å². The van der Waals surface area contributed by atoms with Crippen LogP contribution in [0.4, 0.5) is 0 Å². The average Bonchev–Trinajstić information content (AvgIpc) is 2.93. The Labute approximate surface area is 131 Å². The van der Waals surface area contributed by atoms with Gasteiger partial charge in [-0.15, -0.1) is 0 Å². The SMILES string of the molecule is COc1cc(CN2CCC(NC(=O)CCN)C2)cc(OC)c1. The number of nitrogens with one attached hydrogen (secondary N) is 1. The Morgan fingerprint density at radius 1 is 1.32 bits per heavy atom. The van der Waals surface area contributed by atoms with E-state index in [9.17, 15) is 4.79 Å². The molecule has 2 rings (SSSR count). The topological polar surface area (TPSA) is 76.8 Å². The molecule has 22 heavy (non-hydrogen) atoms. The van der Waals surface area contributed by atoms with Crippen molar-refractivity contribution in [1.82, 2.24) is 10.2 Å². The maximum Gasteiger partial charge on any atom is 0.221 e. The van der Waals surface area contributed by atoms with Gasteiger partial charge in [0.25, 0.3) is 0 Å². The van der Waals surface area contributed by atoms with Gasteiger partial charge in [0, 0.05) is 44.7 Å². The Morgan fingerprint density at radius 2 is 2.00 bits per heavy atom. The maximum atomic E-state index is 11.6. The van der Waals surface area contributed by atoms with Crippen LogP contribution in [0.2, 0.25) is 0 Å². The molecule has 1 aromatic carbocycles. The number of likely N-dealkylation sites (tertiary alicyclic amines) is 1. The monoisotopic (exact) mass is 307 g/mol. The van der Waals surface area contributed by atoms with Crippen molar-refractivity contribution in [2.24, 2.45) is 5.73 Å². The van der Waals surface area contributed by atoms with Gasteiger partial charge in [-0.25, -0.2) is 0 Å². The molecule has 0 radical (unpaired) electrons. The number of nitrogens with zero attached hydrogens (tertiary/aromatic N) is 1. The van der Waals surface area contributed by atoms with Gasteiger partial charge in [-0.2, -0.15) is 0 Å². The third-order valence-electron chi connectivity index (χ3n) is 3.83. The predicted molar refractivity (Wildman–Crippen MR) is 85.0 cm³/mol. The maximum absolute atomic E-state index is 11.6. The molecule has 1 unspecified atom stereocenters. The van der Waals surface area contributed by atoms with Crippen LogP contribution in [0.25, 0.3) is 0 Å². The van der Waals surface area contributed by atoms with Gasteiger partial charge in [-0.3, -0.25) is 9.69 Å². The zero-order valence-corrected chi connectivity index (χ0v) is 13.3. The molecular formula is C16H25N3O3. The number of amides is 1. The van der Waals surface area contributed by atoms with E-state index >= 15 is 0 Å². The van der Waals surface area contributed by atoms with Crippen molar-refractivity contribution < 1.29 is 14.3 Å². The van der Waals surface area contributed by atoms with E-state index in [4.69, 9.17) is 15.2 Å². The minimum absolute atomic E-state index is 0.0393. The Hall–Kier alpha value is -1.79. The fourth-order valence-corrected chi connectivity index (χ4v) is 2.74. The van der Waals surface area contributed by atoms with Gasteiger partial charge in [-0.1, -0.05) is 0 Å². The van der Waals surface area contributed by atoms with Gasteiger partial charge in [0.15, 0.2) is 0 Å². The molecule has 0 spiro atoms. The number of nitrogens with two attached hydrogens (primary N) is 1. The van der Waals surface area contributed by atoms with Gasteiger partial charge < -0.3 is 20.5 Å². The zero-order valence-electron chi connectivity index (χ0n) is 13.3. The first kappa shape index (κ1) is 16.6. The fraction of sp³-hybridized carbons (Fsp3) is 0.562. The van der Waals surface area contributed by atoms with E-state index in [1.807, 2.05) is 18.2 Å². The van der Waals surface area contributed by atoms with Crippen molar-refractivity contribution in [1.29, 1.82) is 0 Å². The van der Waals surface area contributed by atoms with E-state index in [1.165, 1.54) is 0 Å². The Morgan fingerprint density at radius 3 is 2.59 bits per heavy atom. The molecule has 1 fully saturated rings. The first-order valence-electron chi connectivity index (χ1n) is 7.58. The van der Waals surface area contributed by atoms with E-state index in [0.29, 0.717) is 13.0 Å². The van der Waals surface area contributed by atoms with E-state index in [1.54, 1.807) is 14.2 Å². The van der Waals surface area contributed by atoms with E-state index in [0.717, 1.165) is 43.1 Å². The minimum atomic E-state index is 0.0393. The highest BCUT2D eigenvalue weighted by atomic mass is 16.5. The van der Waals surface area contributed by atoms with Gasteiger partial charge in [0.05, 0.1) is 14.2 Å². The van der Waals surface area contributed by atoms with Gasteiger partial charge >= 0.3 is 0 Å². The third-order valence-corrected chi connectivity index (χ3v) is 3.83. The lowest BCUT2D eigenvalue weighted by atomic mass is 10.2. The largest absolute Gasteiger partial charge is 0.497 e. The van der Waals surface area contributed by atoms with Crippen LogP contribution >= 0.6 is 0 Å². The summed E-state index contributed by atoms with van der Waals surface area (Å²) in [7, 11) is 3.30. The molecule has 0 saturated carbocycles. The van der Waals surface area contributed by atoms with E-state index in [-0.39, 0.29) is 11.9 Å². The van der Waals surface area contributed by atoms with Crippen molar-refractivity contribution in [3.05, 3.63) is 23.8 Å². The van der Waals surface area contributed by atoms with E-state index in [2.05, 4.69) is 10.2 Å². The van der Waals surface area contributed by atoms with Crippen molar-refractivity contribution in [2.45, 2.75) is 25.4 Å². The summed E-state index contributed by atoms with van der Waals surface area (Å²) in [4.78, 5) is 13.9. The van der Waals surface area contributed by atoms with E-state index < -0.39 is 0 Å². The second kappa shape index (κ2) is 8.00. The highest BCUT2D eigenvalue weighted by Gasteiger charge is 2.23. The van der Waals surface area contributed by atoms with Gasteiger partial charge in [-0.05, 0) is 24.1 Å². The molecule has 1 aliphatic rings. The van der Waals surface area contributed by atoms with Crippen molar-refractivity contribution in [3.63, 3.8) is 0 Å². The van der Waals surface area contributed by atoms with Crippen LogP contribution < -0.4 is 20.5 Å². The summed E-state index contributed by atoms with van der Waals surface area (Å²) in [6, 6.07) is 6.11. The second-order valence-corrected chi connectivity index (χ2v) is 5.55. The number of carbonyl (C=O) groups is 1. The summed E-state index contributed by atoms with van der Waals surface area (Å²) in [5, 5.41) is 3.03. The van der Waals surface area contributed by atoms with Crippen LogP contribution in [0.15, 0.2) is 18.2 Å². The molecule has 1 aromatic rings. The smallest absolute Gasteiger partial charge is 0.221 e. The average molecular weight is 307 g/mol. The number of hydrogen-bond acceptors (Lipinski definition) is 5. The van der Waals surface area contributed by atoms with Crippen LogP contribution in [-0.4, -0.2) is 50.7 Å². The molecule has 1 saturated heterocycles. The van der Waals surface area contributed by atoms with Crippen molar-refractivity contribution in [2.75, 3.05) is 33.9 Å². The van der Waals surface area contributed by atoms with Gasteiger partial charge in [0.1, 0.15) is 11.5 Å². The molecule has 0 aliphatic carbocycles.